The van der Waals surface area contributed by atoms with Crippen molar-refractivity contribution in [3.05, 3.63) is 36.0 Å². The van der Waals surface area contributed by atoms with E-state index in [1.165, 1.54) is 17.7 Å². The number of halogens is 1. The minimum absolute atomic E-state index is 0. The van der Waals surface area contributed by atoms with Gasteiger partial charge in [-0.15, -0.1) is 24.0 Å². The zero-order valence-electron chi connectivity index (χ0n) is 18.2. The predicted molar refractivity (Wildman–Crippen MR) is 131 cm³/mol. The van der Waals surface area contributed by atoms with Crippen molar-refractivity contribution in [1.29, 1.82) is 0 Å². The van der Waals surface area contributed by atoms with Crippen LogP contribution in [0.1, 0.15) is 24.8 Å². The minimum Gasteiger partial charge on any atom is -0.477 e. The van der Waals surface area contributed by atoms with Crippen LogP contribution in [0.4, 0.5) is 0 Å². The highest BCUT2D eigenvalue weighted by molar-refractivity contribution is 14.0. The van der Waals surface area contributed by atoms with Crippen molar-refractivity contribution in [2.75, 3.05) is 26.7 Å². The van der Waals surface area contributed by atoms with Gasteiger partial charge in [-0.3, -0.25) is 19.5 Å². The number of hydrogen-bond donors (Lipinski definition) is 2. The van der Waals surface area contributed by atoms with Gasteiger partial charge < -0.3 is 15.4 Å². The molecule has 2 amide bonds. The van der Waals surface area contributed by atoms with Crippen LogP contribution in [0.2, 0.25) is 0 Å². The monoisotopic (exact) mass is 551 g/mol. The molecule has 172 valence electrons. The van der Waals surface area contributed by atoms with Crippen LogP contribution in [0.5, 0.6) is 5.88 Å². The third-order valence-corrected chi connectivity index (χ3v) is 6.83. The second-order valence-electron chi connectivity index (χ2n) is 8.94. The summed E-state index contributed by atoms with van der Waals surface area (Å²) in [5.41, 5.74) is 1.02. The van der Waals surface area contributed by atoms with Gasteiger partial charge >= 0.3 is 0 Å². The molecule has 2 N–H and O–H groups in total. The lowest BCUT2D eigenvalue weighted by Gasteiger charge is -2.18. The van der Waals surface area contributed by atoms with Gasteiger partial charge in [0.25, 0.3) is 0 Å². The van der Waals surface area contributed by atoms with Gasteiger partial charge in [-0.2, -0.15) is 0 Å². The van der Waals surface area contributed by atoms with Crippen molar-refractivity contribution in [2.45, 2.75) is 25.8 Å². The molecule has 5 rings (SSSR count). The second kappa shape index (κ2) is 9.76. The van der Waals surface area contributed by atoms with Crippen LogP contribution in [0, 0.1) is 29.6 Å². The molecule has 0 aromatic carbocycles. The lowest BCUT2D eigenvalue weighted by Crippen LogP contribution is -2.43. The van der Waals surface area contributed by atoms with Crippen LogP contribution < -0.4 is 15.4 Å². The normalized spacial score (nSPS) is 28.0. The highest BCUT2D eigenvalue weighted by Gasteiger charge is 2.58. The lowest BCUT2D eigenvalue weighted by atomic mass is 9.85. The van der Waals surface area contributed by atoms with Gasteiger partial charge in [0.05, 0.1) is 18.4 Å². The number of nitrogens with zero attached hydrogens (tertiary/aromatic N) is 3. The number of imide groups is 1. The Morgan fingerprint density at radius 1 is 1.16 bits per heavy atom. The fraction of sp³-hybridized carbons (Fsp3) is 0.565. The summed E-state index contributed by atoms with van der Waals surface area (Å²) in [7, 11) is 1.70. The second-order valence-corrected chi connectivity index (χ2v) is 8.94. The number of aliphatic imine (C=N–C) groups is 1. The van der Waals surface area contributed by atoms with Gasteiger partial charge in [-0.25, -0.2) is 4.98 Å². The van der Waals surface area contributed by atoms with E-state index in [2.05, 4.69) is 32.8 Å². The van der Waals surface area contributed by atoms with Crippen molar-refractivity contribution in [3.63, 3.8) is 0 Å². The van der Waals surface area contributed by atoms with Gasteiger partial charge in [0.2, 0.25) is 17.7 Å². The first kappa shape index (κ1) is 23.0. The molecule has 2 bridgehead atoms. The fourth-order valence-corrected chi connectivity index (χ4v) is 4.97. The maximum absolute atomic E-state index is 12.7. The minimum atomic E-state index is -0.135. The first-order valence-electron chi connectivity index (χ1n) is 11.2. The van der Waals surface area contributed by atoms with Crippen molar-refractivity contribution in [2.24, 2.45) is 34.6 Å². The largest absolute Gasteiger partial charge is 0.477 e. The number of guanidine groups is 1. The summed E-state index contributed by atoms with van der Waals surface area (Å²) in [6.45, 7) is 2.14. The molecule has 4 aliphatic rings. The average Bonchev–Trinajstić information content (AvgIpc) is 3.30. The molecule has 0 radical (unpaired) electrons. The number of allylic oxidation sites excluding steroid dienone is 2. The quantitative estimate of drug-likeness (QED) is 0.169. The number of fused-ring (bicyclic) bond motifs is 5. The Morgan fingerprint density at radius 2 is 1.88 bits per heavy atom. The van der Waals surface area contributed by atoms with Gasteiger partial charge in [0.1, 0.15) is 0 Å². The fourth-order valence-electron chi connectivity index (χ4n) is 4.97. The number of aromatic nitrogens is 1. The van der Waals surface area contributed by atoms with Crippen LogP contribution in [0.25, 0.3) is 0 Å². The molecule has 4 atom stereocenters. The van der Waals surface area contributed by atoms with E-state index >= 15 is 0 Å². The summed E-state index contributed by atoms with van der Waals surface area (Å²) in [4.78, 5) is 35.5. The SMILES string of the molecule is CN=C(NCCN1C(=O)C2C3C=CC(C3)C2C1=O)NCc1ccc(OCC2CC2)nc1.I. The molecule has 2 saturated carbocycles. The van der Waals surface area contributed by atoms with Gasteiger partial charge in [0.15, 0.2) is 5.96 Å². The molecule has 1 aromatic rings. The molecule has 9 heteroatoms. The van der Waals surface area contributed by atoms with Crippen molar-refractivity contribution >= 4 is 41.8 Å². The molecule has 4 unspecified atom stereocenters. The van der Waals surface area contributed by atoms with Crippen LogP contribution in [0.3, 0.4) is 0 Å². The molecule has 0 spiro atoms. The third-order valence-electron chi connectivity index (χ3n) is 6.83. The predicted octanol–water partition coefficient (Wildman–Crippen LogP) is 1.96. The van der Waals surface area contributed by atoms with E-state index in [4.69, 9.17) is 4.74 Å². The number of hydrogen-bond acceptors (Lipinski definition) is 5. The number of pyridine rings is 1. The highest BCUT2D eigenvalue weighted by Crippen LogP contribution is 2.52. The number of carbonyl (C=O) groups is 2. The Hall–Kier alpha value is -2.17. The van der Waals surface area contributed by atoms with E-state index in [1.54, 1.807) is 13.2 Å². The van der Waals surface area contributed by atoms with Crippen molar-refractivity contribution in [1.82, 2.24) is 20.5 Å². The van der Waals surface area contributed by atoms with E-state index in [0.29, 0.717) is 37.4 Å². The Balaban J connectivity index is 0.00000245. The summed E-state index contributed by atoms with van der Waals surface area (Å²) in [6, 6.07) is 3.87. The summed E-state index contributed by atoms with van der Waals surface area (Å²) < 4.78 is 5.66. The number of rotatable bonds is 8. The topological polar surface area (TPSA) is 95.9 Å². The van der Waals surface area contributed by atoms with E-state index in [-0.39, 0.29) is 59.5 Å². The number of nitrogens with one attached hydrogen (secondary N) is 2. The number of carbonyl (C=O) groups excluding carboxylic acids is 2. The standard InChI is InChI=1S/C23H29N5O3.HI/c1-24-23(27-12-15-4-7-18(26-11-15)31-13-14-2-3-14)25-8-9-28-21(29)19-16-5-6-17(10-16)20(19)22(28)30;/h4-7,11,14,16-17,19-20H,2-3,8-10,12-13H2,1H3,(H2,24,25,27);1H. The van der Waals surface area contributed by atoms with Gasteiger partial charge in [0, 0.05) is 38.9 Å². The Kier molecular flexibility index (Phi) is 7.02. The van der Waals surface area contributed by atoms with Crippen molar-refractivity contribution < 1.29 is 14.3 Å². The zero-order valence-corrected chi connectivity index (χ0v) is 20.5. The van der Waals surface area contributed by atoms with Crippen LogP contribution in [-0.2, 0) is 16.1 Å². The van der Waals surface area contributed by atoms with Crippen LogP contribution in [-0.4, -0.2) is 54.4 Å². The Labute approximate surface area is 205 Å². The molecule has 8 nitrogen and oxygen atoms in total. The van der Waals surface area contributed by atoms with Crippen LogP contribution >= 0.6 is 24.0 Å². The Morgan fingerprint density at radius 3 is 2.47 bits per heavy atom. The molecule has 1 saturated heterocycles. The zero-order chi connectivity index (χ0) is 21.4. The third kappa shape index (κ3) is 4.62. The average molecular weight is 551 g/mol. The number of likely N-dealkylation sites (tertiary alicyclic amines) is 1. The highest BCUT2D eigenvalue weighted by atomic mass is 127. The maximum atomic E-state index is 12.7. The maximum Gasteiger partial charge on any atom is 0.233 e. The lowest BCUT2D eigenvalue weighted by molar-refractivity contribution is -0.140. The van der Waals surface area contributed by atoms with E-state index < -0.39 is 0 Å². The molecule has 2 heterocycles. The first-order valence-corrected chi connectivity index (χ1v) is 11.2. The molecule has 1 aliphatic heterocycles. The molecule has 3 aliphatic carbocycles. The number of amides is 2. The smallest absolute Gasteiger partial charge is 0.233 e. The van der Waals surface area contributed by atoms with Crippen molar-refractivity contribution in [3.8, 4) is 5.88 Å². The van der Waals surface area contributed by atoms with Gasteiger partial charge in [-0.05, 0) is 42.6 Å². The number of ether oxygens (including phenoxy) is 1. The molecule has 32 heavy (non-hydrogen) atoms. The summed E-state index contributed by atoms with van der Waals surface area (Å²) in [6.07, 6.45) is 9.50. The van der Waals surface area contributed by atoms with E-state index in [9.17, 15) is 9.59 Å². The van der Waals surface area contributed by atoms with Gasteiger partial charge in [-0.1, -0.05) is 18.2 Å². The molecular formula is C23H30IN5O3. The van der Waals surface area contributed by atoms with E-state index in [1.807, 2.05) is 12.1 Å². The molecule has 1 aromatic heterocycles. The Bertz CT molecular complexity index is 885. The summed E-state index contributed by atoms with van der Waals surface area (Å²) in [5, 5.41) is 6.43. The van der Waals surface area contributed by atoms with E-state index in [0.717, 1.165) is 18.6 Å². The molecule has 3 fully saturated rings. The van der Waals surface area contributed by atoms with Crippen LogP contribution in [0.15, 0.2) is 35.5 Å². The first-order chi connectivity index (χ1) is 15.1. The summed E-state index contributed by atoms with van der Waals surface area (Å²) in [5.74, 6) is 2.19. The summed E-state index contributed by atoms with van der Waals surface area (Å²) >= 11 is 0. The molecular weight excluding hydrogens is 521 g/mol.